The van der Waals surface area contributed by atoms with Gasteiger partial charge in [0, 0.05) is 0 Å². The van der Waals surface area contributed by atoms with Gasteiger partial charge < -0.3 is 19.9 Å². The summed E-state index contributed by atoms with van der Waals surface area (Å²) >= 11 is 0. The highest BCUT2D eigenvalue weighted by Crippen LogP contribution is 2.36. The van der Waals surface area contributed by atoms with Crippen LogP contribution in [0.15, 0.2) is 73.3 Å². The van der Waals surface area contributed by atoms with E-state index in [4.69, 9.17) is 19.9 Å². The summed E-state index contributed by atoms with van der Waals surface area (Å²) in [6, 6.07) is 19.4. The first kappa shape index (κ1) is 21.4. The summed E-state index contributed by atoms with van der Waals surface area (Å²) in [4.78, 5) is 12.4. The number of nitrogen functional groups attached to an aromatic ring is 1. The second-order valence-corrected chi connectivity index (χ2v) is 7.85. The second-order valence-electron chi connectivity index (χ2n) is 7.85. The van der Waals surface area contributed by atoms with Crippen LogP contribution in [-0.2, 0) is 27.4 Å². The molecule has 3 heterocycles. The zero-order valence-corrected chi connectivity index (χ0v) is 17.8. The van der Waals surface area contributed by atoms with E-state index < -0.39 is 24.6 Å². The number of fused-ring (bicyclic) bond motifs is 1. The van der Waals surface area contributed by atoms with Gasteiger partial charge in [-0.1, -0.05) is 60.7 Å². The molecule has 33 heavy (non-hydrogen) atoms. The van der Waals surface area contributed by atoms with E-state index in [2.05, 4.69) is 15.0 Å². The van der Waals surface area contributed by atoms with Crippen LogP contribution in [0, 0.1) is 0 Å². The molecule has 2 aromatic carbocycles. The molecule has 0 amide bonds. The quantitative estimate of drug-likeness (QED) is 0.440. The van der Waals surface area contributed by atoms with Crippen molar-refractivity contribution in [1.82, 2.24) is 19.5 Å². The van der Waals surface area contributed by atoms with Gasteiger partial charge in [0.2, 0.25) is 0 Å². The van der Waals surface area contributed by atoms with Gasteiger partial charge in [0.15, 0.2) is 23.9 Å². The molecule has 2 aromatic heterocycles. The van der Waals surface area contributed by atoms with Crippen molar-refractivity contribution >= 4 is 17.0 Å². The fourth-order valence-corrected chi connectivity index (χ4v) is 3.94. The summed E-state index contributed by atoms with van der Waals surface area (Å²) in [5.74, 6) is 0.228. The Hall–Kier alpha value is -3.40. The van der Waals surface area contributed by atoms with Crippen molar-refractivity contribution in [3.8, 4) is 0 Å². The second kappa shape index (κ2) is 9.62. The summed E-state index contributed by atoms with van der Waals surface area (Å²) < 4.78 is 35.2. The maximum Gasteiger partial charge on any atom is 0.174 e. The van der Waals surface area contributed by atoms with Crippen molar-refractivity contribution in [2.45, 2.75) is 37.8 Å². The van der Waals surface area contributed by atoms with Crippen LogP contribution in [0.1, 0.15) is 17.4 Å². The lowest BCUT2D eigenvalue weighted by atomic mass is 10.1. The van der Waals surface area contributed by atoms with Gasteiger partial charge in [0.05, 0.1) is 26.1 Å². The van der Waals surface area contributed by atoms with E-state index in [0.29, 0.717) is 17.8 Å². The van der Waals surface area contributed by atoms with Gasteiger partial charge in [-0.25, -0.2) is 19.3 Å². The Bertz CT molecular complexity index is 1190. The summed E-state index contributed by atoms with van der Waals surface area (Å²) in [5.41, 5.74) is 8.67. The molecular formula is C24H24FN5O3. The molecule has 1 aliphatic rings. The highest BCUT2D eigenvalue weighted by molar-refractivity contribution is 5.81. The van der Waals surface area contributed by atoms with E-state index in [1.807, 2.05) is 60.7 Å². The average Bonchev–Trinajstić information content (AvgIpc) is 3.41. The van der Waals surface area contributed by atoms with E-state index in [9.17, 15) is 0 Å². The fraction of sp³-hybridized carbons (Fsp3) is 0.292. The molecule has 5 rings (SSSR count). The van der Waals surface area contributed by atoms with Gasteiger partial charge in [-0.15, -0.1) is 0 Å². The molecule has 2 N–H and O–H groups in total. The molecule has 0 aliphatic carbocycles. The molecule has 4 aromatic rings. The number of rotatable bonds is 8. The number of imidazole rings is 1. The molecular weight excluding hydrogens is 425 g/mol. The van der Waals surface area contributed by atoms with Crippen LogP contribution in [0.25, 0.3) is 11.2 Å². The van der Waals surface area contributed by atoms with Crippen LogP contribution >= 0.6 is 0 Å². The lowest BCUT2D eigenvalue weighted by Gasteiger charge is -2.20. The summed E-state index contributed by atoms with van der Waals surface area (Å²) in [6.45, 7) is 0.831. The number of hydrogen-bond donors (Lipinski definition) is 1. The first-order valence-corrected chi connectivity index (χ1v) is 10.7. The van der Waals surface area contributed by atoms with E-state index in [1.165, 1.54) is 17.2 Å². The molecule has 1 aliphatic heterocycles. The highest BCUT2D eigenvalue weighted by Gasteiger charge is 2.47. The number of nitrogens with zero attached hydrogens (tertiary/aromatic N) is 4. The standard InChI is InChI=1S/C24H24FN5O3/c25-19-21(32-12-17-9-5-2-6-10-17)18(13-31-11-16-7-3-1-4-8-16)33-24(19)30-15-29-20-22(26)27-14-28-23(20)30/h1-10,14-15,18-19,21,24H,11-13H2,(H2,26,27,28)/t18-,19-,21-,24-/m1/s1. The van der Waals surface area contributed by atoms with Gasteiger partial charge in [-0.3, -0.25) is 4.57 Å². The molecule has 0 unspecified atom stereocenters. The number of benzene rings is 2. The molecule has 0 saturated carbocycles. The largest absolute Gasteiger partial charge is 0.382 e. The maximum atomic E-state index is 15.7. The van der Waals surface area contributed by atoms with Gasteiger partial charge in [-0.05, 0) is 11.1 Å². The molecule has 170 valence electrons. The van der Waals surface area contributed by atoms with E-state index in [1.54, 1.807) is 0 Å². The average molecular weight is 449 g/mol. The number of hydrogen-bond acceptors (Lipinski definition) is 7. The smallest absolute Gasteiger partial charge is 0.174 e. The number of anilines is 1. The molecule has 0 radical (unpaired) electrons. The SMILES string of the molecule is Nc1ncnc2c1ncn2[C@@H]1O[C@H](COCc2ccccc2)[C@@H](OCc2ccccc2)[C@H]1F. The first-order chi connectivity index (χ1) is 16.2. The van der Waals surface area contributed by atoms with Crippen molar-refractivity contribution in [3.63, 3.8) is 0 Å². The van der Waals surface area contributed by atoms with Crippen molar-refractivity contribution in [2.75, 3.05) is 12.3 Å². The third-order valence-electron chi connectivity index (χ3n) is 5.61. The normalized spacial score (nSPS) is 22.7. The molecule has 0 spiro atoms. The third kappa shape index (κ3) is 4.56. The van der Waals surface area contributed by atoms with Crippen LogP contribution in [0.5, 0.6) is 0 Å². The molecule has 1 fully saturated rings. The minimum absolute atomic E-state index is 0.176. The molecule has 0 bridgehead atoms. The monoisotopic (exact) mass is 449 g/mol. The number of aromatic nitrogens is 4. The first-order valence-electron chi connectivity index (χ1n) is 10.7. The molecule has 8 nitrogen and oxygen atoms in total. The van der Waals surface area contributed by atoms with Crippen molar-refractivity contribution in [1.29, 1.82) is 0 Å². The molecule has 1 saturated heterocycles. The van der Waals surface area contributed by atoms with Gasteiger partial charge in [0.25, 0.3) is 0 Å². The predicted molar refractivity (Wildman–Crippen MR) is 120 cm³/mol. The Labute approximate surface area is 190 Å². The summed E-state index contributed by atoms with van der Waals surface area (Å²) in [5, 5.41) is 0. The Kier molecular flexibility index (Phi) is 6.25. The van der Waals surface area contributed by atoms with E-state index in [0.717, 1.165) is 11.1 Å². The van der Waals surface area contributed by atoms with Gasteiger partial charge >= 0.3 is 0 Å². The zero-order chi connectivity index (χ0) is 22.6. The maximum absolute atomic E-state index is 15.7. The van der Waals surface area contributed by atoms with Crippen molar-refractivity contribution < 1.29 is 18.6 Å². The zero-order valence-electron chi connectivity index (χ0n) is 17.8. The van der Waals surface area contributed by atoms with Gasteiger partial charge in [-0.2, -0.15) is 0 Å². The topological polar surface area (TPSA) is 97.3 Å². The lowest BCUT2D eigenvalue weighted by molar-refractivity contribution is -0.0819. The van der Waals surface area contributed by atoms with Crippen LogP contribution < -0.4 is 5.73 Å². The fourth-order valence-electron chi connectivity index (χ4n) is 3.94. The minimum atomic E-state index is -1.47. The summed E-state index contributed by atoms with van der Waals surface area (Å²) in [7, 11) is 0. The highest BCUT2D eigenvalue weighted by atomic mass is 19.1. The number of alkyl halides is 1. The number of halogens is 1. The Morgan fingerprint density at radius 2 is 1.64 bits per heavy atom. The summed E-state index contributed by atoms with van der Waals surface area (Å²) in [6.07, 6.45) is -1.10. The van der Waals surface area contributed by atoms with Gasteiger partial charge in [0.1, 0.15) is 24.1 Å². The van der Waals surface area contributed by atoms with E-state index >= 15 is 4.39 Å². The number of ether oxygens (including phenoxy) is 3. The van der Waals surface area contributed by atoms with Crippen LogP contribution in [0.2, 0.25) is 0 Å². The van der Waals surface area contributed by atoms with Crippen LogP contribution in [-0.4, -0.2) is 44.5 Å². The van der Waals surface area contributed by atoms with Crippen LogP contribution in [0.4, 0.5) is 10.2 Å². The third-order valence-corrected chi connectivity index (χ3v) is 5.61. The lowest BCUT2D eigenvalue weighted by Crippen LogP contribution is -2.34. The molecule has 9 heteroatoms. The Balaban J connectivity index is 1.35. The Morgan fingerprint density at radius 1 is 0.939 bits per heavy atom. The minimum Gasteiger partial charge on any atom is -0.382 e. The van der Waals surface area contributed by atoms with E-state index in [-0.39, 0.29) is 19.0 Å². The van der Waals surface area contributed by atoms with Crippen molar-refractivity contribution in [2.24, 2.45) is 0 Å². The molecule has 4 atom stereocenters. The Morgan fingerprint density at radius 3 is 2.36 bits per heavy atom. The van der Waals surface area contributed by atoms with Crippen LogP contribution in [0.3, 0.4) is 0 Å². The predicted octanol–water partition coefficient (Wildman–Crippen LogP) is 3.45. The van der Waals surface area contributed by atoms with Crippen molar-refractivity contribution in [3.05, 3.63) is 84.4 Å². The number of nitrogens with two attached hydrogens (primary N) is 1.